The third-order valence-corrected chi connectivity index (χ3v) is 7.61. The number of hydrogen-bond donors (Lipinski definition) is 1. The quantitative estimate of drug-likeness (QED) is 0.482. The molecule has 3 aromatic rings. The molecule has 0 aromatic heterocycles. The molecule has 1 aliphatic rings. The molecular formula is C27H28N2O5S. The van der Waals surface area contributed by atoms with E-state index in [4.69, 9.17) is 9.47 Å². The van der Waals surface area contributed by atoms with E-state index in [1.165, 1.54) is 30.7 Å². The van der Waals surface area contributed by atoms with Crippen LogP contribution in [0.25, 0.3) is 6.08 Å². The van der Waals surface area contributed by atoms with Crippen LogP contribution in [0.5, 0.6) is 11.5 Å². The average Bonchev–Trinajstić information content (AvgIpc) is 3.26. The van der Waals surface area contributed by atoms with Gasteiger partial charge in [0.25, 0.3) is 10.0 Å². The molecular weight excluding hydrogens is 464 g/mol. The zero-order chi connectivity index (χ0) is 25.2. The number of sulfonamides is 1. The van der Waals surface area contributed by atoms with Crippen LogP contribution in [0.2, 0.25) is 0 Å². The van der Waals surface area contributed by atoms with E-state index in [-0.39, 0.29) is 22.3 Å². The summed E-state index contributed by atoms with van der Waals surface area (Å²) in [5, 5.41) is 2.84. The minimum absolute atomic E-state index is 0.0228. The van der Waals surface area contributed by atoms with Gasteiger partial charge in [-0.3, -0.25) is 9.10 Å². The zero-order valence-corrected chi connectivity index (χ0v) is 21.0. The summed E-state index contributed by atoms with van der Waals surface area (Å²) >= 11 is 0. The van der Waals surface area contributed by atoms with Crippen LogP contribution in [0, 0.1) is 13.8 Å². The van der Waals surface area contributed by atoms with Crippen molar-refractivity contribution in [3.8, 4) is 11.5 Å². The molecule has 8 heteroatoms. The Hall–Kier alpha value is -3.78. The lowest BCUT2D eigenvalue weighted by molar-refractivity contribution is -0.111. The predicted octanol–water partition coefficient (Wildman–Crippen LogP) is 4.72. The molecule has 1 amide bonds. The Labute approximate surface area is 206 Å². The number of aryl methyl sites for hydroxylation is 2. The summed E-state index contributed by atoms with van der Waals surface area (Å²) in [5.41, 5.74) is 4.90. The number of para-hydroxylation sites is 1. The number of amides is 1. The number of ether oxygens (including phenoxy) is 2. The maximum absolute atomic E-state index is 13.7. The Bertz CT molecular complexity index is 1390. The molecule has 1 heterocycles. The highest BCUT2D eigenvalue weighted by molar-refractivity contribution is 7.93. The lowest BCUT2D eigenvalue weighted by Crippen LogP contribution is -2.29. The van der Waals surface area contributed by atoms with Gasteiger partial charge < -0.3 is 14.8 Å². The Morgan fingerprint density at radius 3 is 2.40 bits per heavy atom. The lowest BCUT2D eigenvalue weighted by Gasteiger charge is -2.22. The Kier molecular flexibility index (Phi) is 6.84. The van der Waals surface area contributed by atoms with Gasteiger partial charge in [0, 0.05) is 18.3 Å². The fourth-order valence-electron chi connectivity index (χ4n) is 4.32. The van der Waals surface area contributed by atoms with Gasteiger partial charge in [0.2, 0.25) is 5.91 Å². The maximum atomic E-state index is 13.7. The fraction of sp³-hybridized carbons (Fsp3) is 0.222. The van der Waals surface area contributed by atoms with Gasteiger partial charge in [0.1, 0.15) is 4.90 Å². The van der Waals surface area contributed by atoms with Crippen LogP contribution in [-0.4, -0.2) is 35.1 Å². The van der Waals surface area contributed by atoms with E-state index in [0.717, 1.165) is 16.7 Å². The minimum Gasteiger partial charge on any atom is -0.493 e. The first-order valence-electron chi connectivity index (χ1n) is 11.2. The summed E-state index contributed by atoms with van der Waals surface area (Å²) in [4.78, 5) is 12.5. The van der Waals surface area contributed by atoms with E-state index in [0.29, 0.717) is 29.9 Å². The molecule has 0 fully saturated rings. The highest BCUT2D eigenvalue weighted by atomic mass is 32.2. The number of carbonyl (C=O) groups is 1. The van der Waals surface area contributed by atoms with Crippen LogP contribution in [0.1, 0.15) is 22.3 Å². The van der Waals surface area contributed by atoms with E-state index >= 15 is 0 Å². The molecule has 0 bridgehead atoms. The Morgan fingerprint density at radius 2 is 1.71 bits per heavy atom. The topological polar surface area (TPSA) is 84.9 Å². The van der Waals surface area contributed by atoms with Crippen molar-refractivity contribution in [3.63, 3.8) is 0 Å². The van der Waals surface area contributed by atoms with Crippen LogP contribution in [-0.2, 0) is 21.2 Å². The number of nitrogens with one attached hydrogen (secondary N) is 1. The van der Waals surface area contributed by atoms with Gasteiger partial charge in [0.05, 0.1) is 19.9 Å². The molecule has 0 radical (unpaired) electrons. The Morgan fingerprint density at radius 1 is 1.00 bits per heavy atom. The zero-order valence-electron chi connectivity index (χ0n) is 20.2. The van der Waals surface area contributed by atoms with Crippen LogP contribution in [0.3, 0.4) is 0 Å². The second-order valence-electron chi connectivity index (χ2n) is 8.41. The van der Waals surface area contributed by atoms with Gasteiger partial charge in [0.15, 0.2) is 11.5 Å². The number of fused-ring (bicyclic) bond motifs is 1. The highest BCUT2D eigenvalue weighted by Crippen LogP contribution is 2.40. The standard InChI is InChI=1S/C27H28N2O5S/c1-18-13-19(2)15-22(14-18)28-26(30)10-9-20-16-24(33-3)27(34-4)25(17-20)35(31,32)29-12-11-21-7-5-6-8-23(21)29/h5-10,13-17H,11-12H2,1-4H3,(H,28,30). The number of hydrogen-bond acceptors (Lipinski definition) is 5. The van der Waals surface area contributed by atoms with Crippen molar-refractivity contribution in [3.05, 3.63) is 82.9 Å². The summed E-state index contributed by atoms with van der Waals surface area (Å²) in [6.45, 7) is 4.26. The van der Waals surface area contributed by atoms with Crippen molar-refractivity contribution in [2.75, 3.05) is 30.4 Å². The normalized spacial score (nSPS) is 13.1. The second-order valence-corrected chi connectivity index (χ2v) is 10.2. The molecule has 4 rings (SSSR count). The first-order chi connectivity index (χ1) is 16.7. The molecule has 3 aromatic carbocycles. The van der Waals surface area contributed by atoms with E-state index in [2.05, 4.69) is 5.32 Å². The highest BCUT2D eigenvalue weighted by Gasteiger charge is 2.34. The SMILES string of the molecule is COc1cc(C=CC(=O)Nc2cc(C)cc(C)c2)cc(S(=O)(=O)N2CCc3ccccc32)c1OC. The van der Waals surface area contributed by atoms with Crippen molar-refractivity contribution in [2.24, 2.45) is 0 Å². The third kappa shape index (κ3) is 5.02. The summed E-state index contributed by atoms with van der Waals surface area (Å²) in [7, 11) is -1.10. The number of methoxy groups -OCH3 is 2. The minimum atomic E-state index is -3.95. The van der Waals surface area contributed by atoms with E-state index < -0.39 is 10.0 Å². The third-order valence-electron chi connectivity index (χ3n) is 5.80. The second kappa shape index (κ2) is 9.84. The summed E-state index contributed by atoms with van der Waals surface area (Å²) < 4.78 is 39.7. The van der Waals surface area contributed by atoms with Gasteiger partial charge in [-0.15, -0.1) is 0 Å². The number of benzene rings is 3. The summed E-state index contributed by atoms with van der Waals surface area (Å²) in [6, 6.07) is 16.4. The molecule has 0 aliphatic carbocycles. The van der Waals surface area contributed by atoms with Crippen LogP contribution >= 0.6 is 0 Å². The van der Waals surface area contributed by atoms with Gasteiger partial charge >= 0.3 is 0 Å². The van der Waals surface area contributed by atoms with E-state index in [1.807, 2.05) is 50.2 Å². The van der Waals surface area contributed by atoms with Crippen molar-refractivity contribution < 1.29 is 22.7 Å². The predicted molar refractivity (Wildman–Crippen MR) is 138 cm³/mol. The molecule has 0 saturated carbocycles. The number of carbonyl (C=O) groups excluding carboxylic acids is 1. The average molecular weight is 493 g/mol. The van der Waals surface area contributed by atoms with Crippen molar-refractivity contribution in [1.29, 1.82) is 0 Å². The van der Waals surface area contributed by atoms with Crippen molar-refractivity contribution in [1.82, 2.24) is 0 Å². The molecule has 0 spiro atoms. The molecule has 182 valence electrons. The first-order valence-corrected chi connectivity index (χ1v) is 12.6. The maximum Gasteiger partial charge on any atom is 0.268 e. The summed E-state index contributed by atoms with van der Waals surface area (Å²) in [5.74, 6) is 0.0480. The number of rotatable bonds is 7. The van der Waals surface area contributed by atoms with Crippen LogP contribution < -0.4 is 19.1 Å². The van der Waals surface area contributed by atoms with Gasteiger partial charge in [-0.1, -0.05) is 24.3 Å². The number of anilines is 2. The monoisotopic (exact) mass is 492 g/mol. The number of nitrogens with zero attached hydrogens (tertiary/aromatic N) is 1. The molecule has 0 unspecified atom stereocenters. The van der Waals surface area contributed by atoms with Gasteiger partial charge in [-0.25, -0.2) is 8.42 Å². The van der Waals surface area contributed by atoms with Gasteiger partial charge in [-0.2, -0.15) is 0 Å². The molecule has 7 nitrogen and oxygen atoms in total. The molecule has 0 saturated heterocycles. The van der Waals surface area contributed by atoms with Crippen LogP contribution in [0.15, 0.2) is 65.6 Å². The van der Waals surface area contributed by atoms with E-state index in [1.54, 1.807) is 18.2 Å². The van der Waals surface area contributed by atoms with E-state index in [9.17, 15) is 13.2 Å². The van der Waals surface area contributed by atoms with Crippen LogP contribution in [0.4, 0.5) is 11.4 Å². The molecule has 0 atom stereocenters. The Balaban J connectivity index is 1.68. The first kappa shape index (κ1) is 24.3. The molecule has 1 aliphatic heterocycles. The lowest BCUT2D eigenvalue weighted by atomic mass is 10.1. The van der Waals surface area contributed by atoms with Crippen molar-refractivity contribution >= 4 is 33.4 Å². The largest absolute Gasteiger partial charge is 0.493 e. The smallest absolute Gasteiger partial charge is 0.268 e. The molecule has 1 N–H and O–H groups in total. The fourth-order valence-corrected chi connectivity index (χ4v) is 6.03. The molecule has 35 heavy (non-hydrogen) atoms. The van der Waals surface area contributed by atoms with Crippen molar-refractivity contribution in [2.45, 2.75) is 25.2 Å². The van der Waals surface area contributed by atoms with Gasteiger partial charge in [-0.05, 0) is 78.9 Å². The summed E-state index contributed by atoms with van der Waals surface area (Å²) in [6.07, 6.45) is 3.55.